The number of halogens is 2. The molecule has 1 N–H and O–H groups in total. The molecule has 1 aromatic carbocycles. The van der Waals surface area contributed by atoms with Gasteiger partial charge in [-0.05, 0) is 23.3 Å². The van der Waals surface area contributed by atoms with E-state index < -0.39 is 13.3 Å². The molecule has 0 amide bonds. The molecule has 0 aromatic heterocycles. The number of aryl methyl sites for hydroxylation is 2. The smallest absolute Gasteiger partial charge is 0.116 e. The summed E-state index contributed by atoms with van der Waals surface area (Å²) in [6.07, 6.45) is 0.543. The van der Waals surface area contributed by atoms with Crippen molar-refractivity contribution in [3.05, 3.63) is 29.3 Å². The molecule has 0 fully saturated rings. The number of aromatic hydroxyl groups is 1. The van der Waals surface area contributed by atoms with Crippen LogP contribution in [0.4, 0.5) is 8.78 Å². The van der Waals surface area contributed by atoms with Crippen molar-refractivity contribution in [1.82, 2.24) is 0 Å². The molecule has 1 rings (SSSR count). The molecule has 13 heavy (non-hydrogen) atoms. The summed E-state index contributed by atoms with van der Waals surface area (Å²) in [7, 11) is 0. The molecule has 3 heteroatoms. The molecule has 0 radical (unpaired) electrons. The number of phenols is 1. The van der Waals surface area contributed by atoms with Crippen molar-refractivity contribution in [2.75, 3.05) is 13.3 Å². The van der Waals surface area contributed by atoms with Gasteiger partial charge in [-0.2, -0.15) is 0 Å². The normalized spacial score (nSPS) is 10.3. The third-order valence-corrected chi connectivity index (χ3v) is 1.80. The Hall–Kier alpha value is -1.12. The first-order valence-electron chi connectivity index (χ1n) is 4.20. The van der Waals surface area contributed by atoms with Crippen molar-refractivity contribution < 1.29 is 13.9 Å². The third-order valence-electron chi connectivity index (χ3n) is 1.80. The lowest BCUT2D eigenvalue weighted by Crippen LogP contribution is -1.92. The van der Waals surface area contributed by atoms with Crippen LogP contribution in [0, 0.1) is 0 Å². The van der Waals surface area contributed by atoms with Crippen molar-refractivity contribution in [2.24, 2.45) is 0 Å². The number of alkyl halides is 2. The Kier molecular flexibility index (Phi) is 3.68. The number of hydrogen-bond acceptors (Lipinski definition) is 1. The van der Waals surface area contributed by atoms with Gasteiger partial charge in [-0.1, -0.05) is 6.07 Å². The molecule has 72 valence electrons. The van der Waals surface area contributed by atoms with E-state index in [9.17, 15) is 13.9 Å². The zero-order valence-electron chi connectivity index (χ0n) is 7.26. The maximum atomic E-state index is 12.0. The maximum Gasteiger partial charge on any atom is 0.116 e. The fraction of sp³-hybridized carbons (Fsp3) is 0.400. The summed E-state index contributed by atoms with van der Waals surface area (Å²) in [6.45, 7) is -0.920. The Balaban J connectivity index is 2.83. The van der Waals surface area contributed by atoms with Crippen LogP contribution in [0.25, 0.3) is 0 Å². The van der Waals surface area contributed by atoms with Gasteiger partial charge in [0.25, 0.3) is 0 Å². The summed E-state index contributed by atoms with van der Waals surface area (Å²) < 4.78 is 23.9. The Morgan fingerprint density at radius 3 is 1.77 bits per heavy atom. The van der Waals surface area contributed by atoms with Gasteiger partial charge in [-0.25, -0.2) is 0 Å². The highest BCUT2D eigenvalue weighted by Gasteiger charge is 2.00. The highest BCUT2D eigenvalue weighted by Crippen LogP contribution is 2.16. The van der Waals surface area contributed by atoms with E-state index in [0.717, 1.165) is 0 Å². The molecule has 1 nitrogen and oxygen atoms in total. The Morgan fingerprint density at radius 1 is 0.923 bits per heavy atom. The van der Waals surface area contributed by atoms with Crippen LogP contribution in [0.5, 0.6) is 5.75 Å². The lowest BCUT2D eigenvalue weighted by molar-refractivity contribution is 0.467. The Morgan fingerprint density at radius 2 is 1.38 bits per heavy atom. The first kappa shape index (κ1) is 9.96. The van der Waals surface area contributed by atoms with E-state index in [0.29, 0.717) is 11.1 Å². The van der Waals surface area contributed by atoms with Crippen molar-refractivity contribution in [3.8, 4) is 5.75 Å². The summed E-state index contributed by atoms with van der Waals surface area (Å²) in [5.74, 6) is 0.0781. The standard InChI is InChI=1S/C10H12F2O/c11-3-1-8-5-9(2-4-12)7-10(13)6-8/h5-7,13H,1-4H2. The van der Waals surface area contributed by atoms with Crippen LogP contribution in [-0.2, 0) is 12.8 Å². The van der Waals surface area contributed by atoms with E-state index in [2.05, 4.69) is 0 Å². The van der Waals surface area contributed by atoms with Gasteiger partial charge >= 0.3 is 0 Å². The van der Waals surface area contributed by atoms with Gasteiger partial charge in [0.15, 0.2) is 0 Å². The molecular weight excluding hydrogens is 174 g/mol. The molecule has 0 spiro atoms. The van der Waals surface area contributed by atoms with E-state index in [1.54, 1.807) is 6.07 Å². The molecule has 0 aliphatic carbocycles. The van der Waals surface area contributed by atoms with Crippen LogP contribution < -0.4 is 0 Å². The van der Waals surface area contributed by atoms with Gasteiger partial charge in [0.1, 0.15) is 5.75 Å². The van der Waals surface area contributed by atoms with Crippen LogP contribution in [-0.4, -0.2) is 18.5 Å². The topological polar surface area (TPSA) is 20.2 Å². The molecule has 0 bridgehead atoms. The van der Waals surface area contributed by atoms with Crippen molar-refractivity contribution in [1.29, 1.82) is 0 Å². The Bertz CT molecular complexity index is 249. The predicted molar refractivity (Wildman–Crippen MR) is 47.5 cm³/mol. The van der Waals surface area contributed by atoms with Crippen molar-refractivity contribution in [3.63, 3.8) is 0 Å². The second-order valence-electron chi connectivity index (χ2n) is 2.89. The number of phenolic OH excluding ortho intramolecular Hbond substituents is 1. The van der Waals surface area contributed by atoms with Crippen LogP contribution in [0.2, 0.25) is 0 Å². The van der Waals surface area contributed by atoms with E-state index in [1.165, 1.54) is 12.1 Å². The number of rotatable bonds is 4. The molecule has 0 unspecified atom stereocenters. The van der Waals surface area contributed by atoms with Gasteiger partial charge in [0, 0.05) is 12.8 Å². The monoisotopic (exact) mass is 186 g/mol. The van der Waals surface area contributed by atoms with Crippen molar-refractivity contribution >= 4 is 0 Å². The average Bonchev–Trinajstić information content (AvgIpc) is 2.04. The minimum Gasteiger partial charge on any atom is -0.508 e. The van der Waals surface area contributed by atoms with Crippen LogP contribution in [0.15, 0.2) is 18.2 Å². The highest BCUT2D eigenvalue weighted by atomic mass is 19.1. The van der Waals surface area contributed by atoms with Crippen LogP contribution in [0.1, 0.15) is 11.1 Å². The third kappa shape index (κ3) is 3.01. The lowest BCUT2D eigenvalue weighted by Gasteiger charge is -2.03. The van der Waals surface area contributed by atoms with E-state index in [4.69, 9.17) is 0 Å². The zero-order chi connectivity index (χ0) is 9.68. The van der Waals surface area contributed by atoms with Gasteiger partial charge in [0.05, 0.1) is 13.3 Å². The number of hydrogen-bond donors (Lipinski definition) is 1. The molecule has 0 saturated heterocycles. The fourth-order valence-corrected chi connectivity index (χ4v) is 1.25. The summed E-state index contributed by atoms with van der Waals surface area (Å²) in [5, 5.41) is 9.20. The zero-order valence-corrected chi connectivity index (χ0v) is 7.26. The van der Waals surface area contributed by atoms with E-state index >= 15 is 0 Å². The first-order valence-corrected chi connectivity index (χ1v) is 4.20. The second kappa shape index (κ2) is 4.80. The minimum atomic E-state index is -0.460. The van der Waals surface area contributed by atoms with Gasteiger partial charge in [-0.3, -0.25) is 8.78 Å². The first-order chi connectivity index (χ1) is 6.26. The maximum absolute atomic E-state index is 12.0. The van der Waals surface area contributed by atoms with Crippen LogP contribution in [0.3, 0.4) is 0 Å². The molecular formula is C10H12F2O. The number of benzene rings is 1. The summed E-state index contributed by atoms with van der Waals surface area (Å²) in [4.78, 5) is 0. The second-order valence-corrected chi connectivity index (χ2v) is 2.89. The molecule has 0 heterocycles. The summed E-state index contributed by atoms with van der Waals surface area (Å²) >= 11 is 0. The van der Waals surface area contributed by atoms with E-state index in [-0.39, 0.29) is 18.6 Å². The Labute approximate surface area is 76.0 Å². The van der Waals surface area contributed by atoms with Gasteiger partial charge in [-0.15, -0.1) is 0 Å². The summed E-state index contributed by atoms with van der Waals surface area (Å²) in [6, 6.07) is 4.72. The predicted octanol–water partition coefficient (Wildman–Crippen LogP) is 2.42. The van der Waals surface area contributed by atoms with Crippen molar-refractivity contribution in [2.45, 2.75) is 12.8 Å². The molecule has 0 aliphatic rings. The molecule has 0 saturated carbocycles. The van der Waals surface area contributed by atoms with Gasteiger partial charge < -0.3 is 5.11 Å². The lowest BCUT2D eigenvalue weighted by atomic mass is 10.1. The minimum absolute atomic E-state index is 0.0781. The molecule has 1 aromatic rings. The fourth-order valence-electron chi connectivity index (χ4n) is 1.25. The SMILES string of the molecule is Oc1cc(CCF)cc(CCF)c1. The highest BCUT2D eigenvalue weighted by molar-refractivity contribution is 5.33. The molecule has 0 aliphatic heterocycles. The molecule has 0 atom stereocenters. The average molecular weight is 186 g/mol. The van der Waals surface area contributed by atoms with E-state index in [1.807, 2.05) is 0 Å². The summed E-state index contributed by atoms with van der Waals surface area (Å²) in [5.41, 5.74) is 1.43. The largest absolute Gasteiger partial charge is 0.508 e. The van der Waals surface area contributed by atoms with Crippen LogP contribution >= 0.6 is 0 Å². The van der Waals surface area contributed by atoms with Gasteiger partial charge in [0.2, 0.25) is 0 Å². The quantitative estimate of drug-likeness (QED) is 0.765.